The molecule has 0 heterocycles. The van der Waals surface area contributed by atoms with Gasteiger partial charge in [0.05, 0.1) is 12.6 Å². The largest absolute Gasteiger partial charge is 0.494 e. The Hall–Kier alpha value is -1.26. The lowest BCUT2D eigenvalue weighted by Gasteiger charge is -2.10. The van der Waals surface area contributed by atoms with Crippen LogP contribution < -0.4 is 15.8 Å². The van der Waals surface area contributed by atoms with Crippen molar-refractivity contribution in [1.82, 2.24) is 5.32 Å². The SMILES string of the molecule is CCCCOc1ccc(C[C@H](N)C(=O)NC)cc1.Cl. The summed E-state index contributed by atoms with van der Waals surface area (Å²) >= 11 is 0. The summed E-state index contributed by atoms with van der Waals surface area (Å²) in [6.07, 6.45) is 2.72. The van der Waals surface area contributed by atoms with Gasteiger partial charge in [-0.15, -0.1) is 12.4 Å². The fraction of sp³-hybridized carbons (Fsp3) is 0.500. The number of amides is 1. The average molecular weight is 287 g/mol. The van der Waals surface area contributed by atoms with Crippen molar-refractivity contribution in [3.63, 3.8) is 0 Å². The van der Waals surface area contributed by atoms with Gasteiger partial charge >= 0.3 is 0 Å². The normalized spacial score (nSPS) is 11.3. The highest BCUT2D eigenvalue weighted by Gasteiger charge is 2.11. The molecule has 1 aromatic carbocycles. The van der Waals surface area contributed by atoms with E-state index in [9.17, 15) is 4.79 Å². The first-order valence-electron chi connectivity index (χ1n) is 6.36. The van der Waals surface area contributed by atoms with Crippen LogP contribution in [0.15, 0.2) is 24.3 Å². The molecule has 0 aliphatic carbocycles. The fourth-order valence-electron chi connectivity index (χ4n) is 1.59. The van der Waals surface area contributed by atoms with E-state index in [0.717, 1.165) is 30.8 Å². The number of carbonyl (C=O) groups is 1. The summed E-state index contributed by atoms with van der Waals surface area (Å²) in [6, 6.07) is 7.24. The zero-order valence-corrected chi connectivity index (χ0v) is 12.3. The molecule has 0 unspecified atom stereocenters. The van der Waals surface area contributed by atoms with Gasteiger partial charge in [-0.25, -0.2) is 0 Å². The number of hydrogen-bond acceptors (Lipinski definition) is 3. The third-order valence-electron chi connectivity index (χ3n) is 2.73. The topological polar surface area (TPSA) is 64.3 Å². The van der Waals surface area contributed by atoms with E-state index in [2.05, 4.69) is 12.2 Å². The van der Waals surface area contributed by atoms with Gasteiger partial charge in [0.25, 0.3) is 0 Å². The molecular weight excluding hydrogens is 264 g/mol. The van der Waals surface area contributed by atoms with Gasteiger partial charge in [0.15, 0.2) is 0 Å². The first-order chi connectivity index (χ1) is 8.67. The minimum Gasteiger partial charge on any atom is -0.494 e. The van der Waals surface area contributed by atoms with Gasteiger partial charge < -0.3 is 15.8 Å². The van der Waals surface area contributed by atoms with Crippen molar-refractivity contribution in [3.8, 4) is 5.75 Å². The fourth-order valence-corrected chi connectivity index (χ4v) is 1.59. The molecule has 108 valence electrons. The van der Waals surface area contributed by atoms with Crippen molar-refractivity contribution in [3.05, 3.63) is 29.8 Å². The van der Waals surface area contributed by atoms with E-state index in [1.165, 1.54) is 0 Å². The minimum absolute atomic E-state index is 0. The third kappa shape index (κ3) is 6.45. The maximum atomic E-state index is 11.3. The van der Waals surface area contributed by atoms with Crippen LogP contribution >= 0.6 is 12.4 Å². The van der Waals surface area contributed by atoms with Gasteiger partial charge in [0, 0.05) is 7.05 Å². The van der Waals surface area contributed by atoms with E-state index in [1.807, 2.05) is 24.3 Å². The number of benzene rings is 1. The molecule has 1 rings (SSSR count). The van der Waals surface area contributed by atoms with E-state index < -0.39 is 6.04 Å². The Morgan fingerprint density at radius 3 is 2.53 bits per heavy atom. The predicted octanol–water partition coefficient (Wildman–Crippen LogP) is 1.90. The third-order valence-corrected chi connectivity index (χ3v) is 2.73. The number of nitrogens with one attached hydrogen (secondary N) is 1. The van der Waals surface area contributed by atoms with Crippen LogP contribution in [0, 0.1) is 0 Å². The van der Waals surface area contributed by atoms with Gasteiger partial charge in [-0.05, 0) is 30.5 Å². The second kappa shape index (κ2) is 9.64. The molecule has 0 fully saturated rings. The summed E-state index contributed by atoms with van der Waals surface area (Å²) in [5.41, 5.74) is 6.79. The molecule has 0 spiro atoms. The van der Waals surface area contributed by atoms with Crippen LogP contribution in [-0.2, 0) is 11.2 Å². The number of rotatable bonds is 7. The lowest BCUT2D eigenvalue weighted by atomic mass is 10.1. The lowest BCUT2D eigenvalue weighted by Crippen LogP contribution is -2.40. The molecule has 1 aromatic rings. The molecule has 4 nitrogen and oxygen atoms in total. The Kier molecular flexibility index (Phi) is 9.00. The van der Waals surface area contributed by atoms with Crippen LogP contribution in [-0.4, -0.2) is 25.6 Å². The molecule has 0 aromatic heterocycles. The van der Waals surface area contributed by atoms with Crippen LogP contribution in [0.25, 0.3) is 0 Å². The van der Waals surface area contributed by atoms with E-state index in [1.54, 1.807) is 7.05 Å². The number of hydrogen-bond donors (Lipinski definition) is 2. The number of nitrogens with two attached hydrogens (primary N) is 1. The molecule has 3 N–H and O–H groups in total. The number of ether oxygens (including phenoxy) is 1. The molecule has 19 heavy (non-hydrogen) atoms. The summed E-state index contributed by atoms with van der Waals surface area (Å²) < 4.78 is 5.56. The Labute approximate surface area is 121 Å². The first-order valence-corrected chi connectivity index (χ1v) is 6.36. The molecule has 1 atom stereocenters. The van der Waals surface area contributed by atoms with Crippen molar-refractivity contribution >= 4 is 18.3 Å². The maximum absolute atomic E-state index is 11.3. The van der Waals surface area contributed by atoms with Crippen LogP contribution in [0.3, 0.4) is 0 Å². The van der Waals surface area contributed by atoms with Crippen LogP contribution in [0.2, 0.25) is 0 Å². The zero-order valence-electron chi connectivity index (χ0n) is 11.5. The molecule has 1 amide bonds. The van der Waals surface area contributed by atoms with Crippen molar-refractivity contribution in [2.45, 2.75) is 32.2 Å². The Morgan fingerprint density at radius 2 is 2.00 bits per heavy atom. The van der Waals surface area contributed by atoms with Gasteiger partial charge in [0.1, 0.15) is 5.75 Å². The quantitative estimate of drug-likeness (QED) is 0.753. The average Bonchev–Trinajstić information content (AvgIpc) is 2.40. The molecule has 0 bridgehead atoms. The molecule has 0 radical (unpaired) electrons. The summed E-state index contributed by atoms with van der Waals surface area (Å²) in [5, 5.41) is 2.54. The van der Waals surface area contributed by atoms with Gasteiger partial charge in [0.2, 0.25) is 5.91 Å². The number of unbranched alkanes of at least 4 members (excludes halogenated alkanes) is 1. The van der Waals surface area contributed by atoms with Crippen molar-refractivity contribution in [1.29, 1.82) is 0 Å². The monoisotopic (exact) mass is 286 g/mol. The van der Waals surface area contributed by atoms with Gasteiger partial charge in [-0.3, -0.25) is 4.79 Å². The number of carbonyl (C=O) groups excluding carboxylic acids is 1. The number of likely N-dealkylation sites (N-methyl/N-ethyl adjacent to an activating group) is 1. The van der Waals surface area contributed by atoms with Crippen LogP contribution in [0.4, 0.5) is 0 Å². The summed E-state index contributed by atoms with van der Waals surface area (Å²) in [4.78, 5) is 11.3. The van der Waals surface area contributed by atoms with Crippen molar-refractivity contribution < 1.29 is 9.53 Å². The standard InChI is InChI=1S/C14H22N2O2.ClH/c1-3-4-9-18-12-7-5-11(6-8-12)10-13(15)14(17)16-2;/h5-8,13H,3-4,9-10,15H2,1-2H3,(H,16,17);1H/t13-;/m0./s1. The lowest BCUT2D eigenvalue weighted by molar-refractivity contribution is -0.121. The van der Waals surface area contributed by atoms with E-state index in [0.29, 0.717) is 6.42 Å². The Balaban J connectivity index is 0.00000324. The zero-order chi connectivity index (χ0) is 13.4. The van der Waals surface area contributed by atoms with Crippen LogP contribution in [0.1, 0.15) is 25.3 Å². The van der Waals surface area contributed by atoms with Crippen molar-refractivity contribution in [2.24, 2.45) is 5.73 Å². The predicted molar refractivity (Wildman–Crippen MR) is 79.8 cm³/mol. The highest BCUT2D eigenvalue weighted by molar-refractivity contribution is 5.85. The highest BCUT2D eigenvalue weighted by atomic mass is 35.5. The second-order valence-corrected chi connectivity index (χ2v) is 4.27. The summed E-state index contributed by atoms with van der Waals surface area (Å²) in [5.74, 6) is 0.721. The molecule has 0 saturated carbocycles. The molecular formula is C14H23ClN2O2. The first kappa shape index (κ1) is 17.7. The smallest absolute Gasteiger partial charge is 0.237 e. The Morgan fingerprint density at radius 1 is 1.37 bits per heavy atom. The molecule has 0 aliphatic heterocycles. The minimum atomic E-state index is -0.498. The molecule has 0 saturated heterocycles. The van der Waals surface area contributed by atoms with Gasteiger partial charge in [-0.1, -0.05) is 25.5 Å². The molecule has 0 aliphatic rings. The van der Waals surface area contributed by atoms with E-state index in [-0.39, 0.29) is 18.3 Å². The second-order valence-electron chi connectivity index (χ2n) is 4.27. The van der Waals surface area contributed by atoms with Gasteiger partial charge in [-0.2, -0.15) is 0 Å². The van der Waals surface area contributed by atoms with E-state index in [4.69, 9.17) is 10.5 Å². The highest BCUT2D eigenvalue weighted by Crippen LogP contribution is 2.13. The summed E-state index contributed by atoms with van der Waals surface area (Å²) in [7, 11) is 1.59. The maximum Gasteiger partial charge on any atom is 0.237 e. The van der Waals surface area contributed by atoms with Crippen molar-refractivity contribution in [2.75, 3.05) is 13.7 Å². The number of halogens is 1. The Bertz CT molecular complexity index is 368. The molecule has 5 heteroatoms. The summed E-state index contributed by atoms with van der Waals surface area (Å²) in [6.45, 7) is 2.88. The van der Waals surface area contributed by atoms with Crippen LogP contribution in [0.5, 0.6) is 5.75 Å². The van der Waals surface area contributed by atoms with E-state index >= 15 is 0 Å².